The van der Waals surface area contributed by atoms with E-state index in [4.69, 9.17) is 4.74 Å². The van der Waals surface area contributed by atoms with Crippen LogP contribution >= 0.6 is 0 Å². The molecule has 2 aromatic carbocycles. The van der Waals surface area contributed by atoms with Gasteiger partial charge in [0.25, 0.3) is 0 Å². The molecule has 0 aliphatic heterocycles. The van der Waals surface area contributed by atoms with E-state index in [0.29, 0.717) is 24.5 Å². The van der Waals surface area contributed by atoms with Crippen LogP contribution in [0.5, 0.6) is 5.75 Å². The molecule has 0 unspecified atom stereocenters. The molecule has 0 aliphatic rings. The van der Waals surface area contributed by atoms with Gasteiger partial charge in [-0.3, -0.25) is 9.59 Å². The van der Waals surface area contributed by atoms with Gasteiger partial charge in [0.15, 0.2) is 0 Å². The van der Waals surface area contributed by atoms with E-state index in [2.05, 4.69) is 5.32 Å². The van der Waals surface area contributed by atoms with Crippen LogP contribution in [-0.4, -0.2) is 30.4 Å². The van der Waals surface area contributed by atoms with Gasteiger partial charge in [0.05, 0.1) is 7.11 Å². The number of anilines is 1. The van der Waals surface area contributed by atoms with Crippen LogP contribution in [0.3, 0.4) is 0 Å². The van der Waals surface area contributed by atoms with Crippen LogP contribution < -0.4 is 10.1 Å². The van der Waals surface area contributed by atoms with Gasteiger partial charge in [0, 0.05) is 38.2 Å². The number of amides is 2. The highest BCUT2D eigenvalue weighted by molar-refractivity contribution is 5.91. The van der Waals surface area contributed by atoms with E-state index in [-0.39, 0.29) is 18.2 Å². The first-order valence-electron chi connectivity index (χ1n) is 8.23. The van der Waals surface area contributed by atoms with Gasteiger partial charge in [-0.05, 0) is 30.2 Å². The molecule has 0 radical (unpaired) electrons. The Labute approximate surface area is 148 Å². The van der Waals surface area contributed by atoms with Crippen LogP contribution in [-0.2, 0) is 16.1 Å². The molecule has 0 aromatic heterocycles. The van der Waals surface area contributed by atoms with Crippen molar-refractivity contribution in [1.29, 1.82) is 0 Å². The molecule has 0 saturated carbocycles. The summed E-state index contributed by atoms with van der Waals surface area (Å²) in [7, 11) is 1.58. The number of rotatable bonds is 7. The molecular weight excluding hydrogens is 316 g/mol. The van der Waals surface area contributed by atoms with E-state index in [0.717, 1.165) is 11.1 Å². The lowest BCUT2D eigenvalue weighted by Crippen LogP contribution is -2.31. The highest BCUT2D eigenvalue weighted by atomic mass is 16.5. The Morgan fingerprint density at radius 2 is 1.88 bits per heavy atom. The second-order valence-corrected chi connectivity index (χ2v) is 5.90. The smallest absolute Gasteiger partial charge is 0.226 e. The van der Waals surface area contributed by atoms with Crippen molar-refractivity contribution >= 4 is 17.5 Å². The first-order chi connectivity index (χ1) is 12.0. The van der Waals surface area contributed by atoms with Crippen molar-refractivity contribution in [2.45, 2.75) is 26.8 Å². The van der Waals surface area contributed by atoms with Crippen molar-refractivity contribution in [3.8, 4) is 5.75 Å². The lowest BCUT2D eigenvalue weighted by molar-refractivity contribution is -0.129. The minimum atomic E-state index is -0.135. The summed E-state index contributed by atoms with van der Waals surface area (Å²) in [6.07, 6.45) is 0.239. The average molecular weight is 340 g/mol. The predicted octanol–water partition coefficient (Wildman–Crippen LogP) is 3.38. The fourth-order valence-electron chi connectivity index (χ4n) is 2.50. The molecule has 0 saturated heterocycles. The Bertz CT molecular complexity index is 743. The molecule has 2 aromatic rings. The maximum Gasteiger partial charge on any atom is 0.226 e. The molecule has 5 heteroatoms. The number of carbonyl (C=O) groups excluding carboxylic acids is 2. The first kappa shape index (κ1) is 18.5. The molecule has 0 bridgehead atoms. The Hall–Kier alpha value is -2.82. The SMILES string of the molecule is COc1cccc(NC(=O)CCN(Cc2ccccc2C)C(C)=O)c1. The van der Waals surface area contributed by atoms with Gasteiger partial charge in [-0.25, -0.2) is 0 Å². The van der Waals surface area contributed by atoms with Crippen molar-refractivity contribution in [2.24, 2.45) is 0 Å². The number of benzene rings is 2. The summed E-state index contributed by atoms with van der Waals surface area (Å²) in [6.45, 7) is 4.43. The fraction of sp³-hybridized carbons (Fsp3) is 0.300. The van der Waals surface area contributed by atoms with Gasteiger partial charge in [-0.1, -0.05) is 30.3 Å². The third-order valence-electron chi connectivity index (χ3n) is 4.03. The van der Waals surface area contributed by atoms with Gasteiger partial charge in [0.2, 0.25) is 11.8 Å². The van der Waals surface area contributed by atoms with E-state index in [1.807, 2.05) is 43.3 Å². The number of nitrogens with one attached hydrogen (secondary N) is 1. The standard InChI is InChI=1S/C20H24N2O3/c1-15-7-4-5-8-17(15)14-22(16(2)23)12-11-20(24)21-18-9-6-10-19(13-18)25-3/h4-10,13H,11-12,14H2,1-3H3,(H,21,24). The second kappa shape index (κ2) is 8.87. The van der Waals surface area contributed by atoms with Gasteiger partial charge in [-0.2, -0.15) is 0 Å². The van der Waals surface area contributed by atoms with Gasteiger partial charge < -0.3 is 15.0 Å². The van der Waals surface area contributed by atoms with Crippen molar-refractivity contribution in [3.63, 3.8) is 0 Å². The van der Waals surface area contributed by atoms with Crippen molar-refractivity contribution in [3.05, 3.63) is 59.7 Å². The lowest BCUT2D eigenvalue weighted by atomic mass is 10.1. The maximum absolute atomic E-state index is 12.2. The Kier molecular flexibility index (Phi) is 6.57. The molecule has 2 rings (SSSR count). The van der Waals surface area contributed by atoms with E-state index >= 15 is 0 Å². The van der Waals surface area contributed by atoms with E-state index < -0.39 is 0 Å². The number of nitrogens with zero attached hydrogens (tertiary/aromatic N) is 1. The van der Waals surface area contributed by atoms with Gasteiger partial charge in [-0.15, -0.1) is 0 Å². The molecular formula is C20H24N2O3. The molecule has 25 heavy (non-hydrogen) atoms. The molecule has 132 valence electrons. The highest BCUT2D eigenvalue weighted by Gasteiger charge is 2.13. The molecule has 2 amide bonds. The number of carbonyl (C=O) groups is 2. The number of hydrogen-bond donors (Lipinski definition) is 1. The number of aryl methyl sites for hydroxylation is 1. The monoisotopic (exact) mass is 340 g/mol. The number of hydrogen-bond acceptors (Lipinski definition) is 3. The minimum absolute atomic E-state index is 0.0440. The predicted molar refractivity (Wildman–Crippen MR) is 98.5 cm³/mol. The molecule has 1 N–H and O–H groups in total. The second-order valence-electron chi connectivity index (χ2n) is 5.90. The zero-order valence-electron chi connectivity index (χ0n) is 14.9. The van der Waals surface area contributed by atoms with Crippen LogP contribution in [0.2, 0.25) is 0 Å². The largest absolute Gasteiger partial charge is 0.497 e. The molecule has 0 aliphatic carbocycles. The Morgan fingerprint density at radius 1 is 1.12 bits per heavy atom. The van der Waals surface area contributed by atoms with Crippen molar-refractivity contribution < 1.29 is 14.3 Å². The Morgan fingerprint density at radius 3 is 2.56 bits per heavy atom. The topological polar surface area (TPSA) is 58.6 Å². The van der Waals surface area contributed by atoms with Crippen LogP contribution in [0.15, 0.2) is 48.5 Å². The normalized spacial score (nSPS) is 10.2. The number of methoxy groups -OCH3 is 1. The van der Waals surface area contributed by atoms with Gasteiger partial charge >= 0.3 is 0 Å². The summed E-state index contributed by atoms with van der Waals surface area (Å²) in [5.41, 5.74) is 2.90. The average Bonchev–Trinajstić information content (AvgIpc) is 2.60. The van der Waals surface area contributed by atoms with Crippen molar-refractivity contribution in [1.82, 2.24) is 4.90 Å². The summed E-state index contributed by atoms with van der Waals surface area (Å²) in [4.78, 5) is 25.7. The van der Waals surface area contributed by atoms with Crippen molar-refractivity contribution in [2.75, 3.05) is 19.0 Å². The quantitative estimate of drug-likeness (QED) is 0.840. The number of ether oxygens (including phenoxy) is 1. The first-order valence-corrected chi connectivity index (χ1v) is 8.23. The van der Waals surface area contributed by atoms with Crippen LogP contribution in [0, 0.1) is 6.92 Å². The summed E-state index contributed by atoms with van der Waals surface area (Å²) < 4.78 is 5.14. The molecule has 0 spiro atoms. The zero-order chi connectivity index (χ0) is 18.2. The summed E-state index contributed by atoms with van der Waals surface area (Å²) in [5, 5.41) is 2.83. The molecule has 0 heterocycles. The van der Waals surface area contributed by atoms with E-state index in [1.54, 1.807) is 24.1 Å². The maximum atomic E-state index is 12.2. The third kappa shape index (κ3) is 5.64. The summed E-state index contributed by atoms with van der Waals surface area (Å²) in [6, 6.07) is 15.1. The fourth-order valence-corrected chi connectivity index (χ4v) is 2.50. The van der Waals surface area contributed by atoms with Gasteiger partial charge in [0.1, 0.15) is 5.75 Å². The van der Waals surface area contributed by atoms with Crippen LogP contribution in [0.25, 0.3) is 0 Å². The highest BCUT2D eigenvalue weighted by Crippen LogP contribution is 2.17. The summed E-state index contributed by atoms with van der Waals surface area (Å²) in [5.74, 6) is 0.504. The summed E-state index contributed by atoms with van der Waals surface area (Å²) >= 11 is 0. The lowest BCUT2D eigenvalue weighted by Gasteiger charge is -2.22. The van der Waals surface area contributed by atoms with E-state index in [1.165, 1.54) is 6.92 Å². The Balaban J connectivity index is 1.93. The molecule has 5 nitrogen and oxygen atoms in total. The zero-order valence-corrected chi connectivity index (χ0v) is 14.9. The molecule has 0 atom stereocenters. The third-order valence-corrected chi connectivity index (χ3v) is 4.03. The van der Waals surface area contributed by atoms with Crippen LogP contribution in [0.1, 0.15) is 24.5 Å². The molecule has 0 fully saturated rings. The van der Waals surface area contributed by atoms with E-state index in [9.17, 15) is 9.59 Å². The van der Waals surface area contributed by atoms with Crippen LogP contribution in [0.4, 0.5) is 5.69 Å². The minimum Gasteiger partial charge on any atom is -0.497 e.